The lowest BCUT2D eigenvalue weighted by atomic mass is 10.2. The summed E-state index contributed by atoms with van der Waals surface area (Å²) in [6.45, 7) is 2.08. The summed E-state index contributed by atoms with van der Waals surface area (Å²) in [6, 6.07) is 15.7. The first kappa shape index (κ1) is 20.8. The largest absolute Gasteiger partial charge is 0.463 e. The van der Waals surface area contributed by atoms with Crippen molar-refractivity contribution in [2.45, 2.75) is 24.5 Å². The summed E-state index contributed by atoms with van der Waals surface area (Å²) in [4.78, 5) is 30.2. The Morgan fingerprint density at radius 2 is 2.03 bits per heavy atom. The number of fused-ring (bicyclic) bond motifs is 1. The molecule has 156 valence electrons. The molecule has 0 spiro atoms. The maximum Gasteiger partial charge on any atom is 0.316 e. The van der Waals surface area contributed by atoms with Crippen molar-refractivity contribution >= 4 is 46.3 Å². The van der Waals surface area contributed by atoms with E-state index in [-0.39, 0.29) is 24.2 Å². The van der Waals surface area contributed by atoms with Crippen LogP contribution in [-0.4, -0.2) is 51.8 Å². The minimum absolute atomic E-state index is 0.133. The van der Waals surface area contributed by atoms with Crippen LogP contribution in [0.3, 0.4) is 0 Å². The van der Waals surface area contributed by atoms with E-state index in [0.29, 0.717) is 24.5 Å². The first-order valence-electron chi connectivity index (χ1n) is 9.86. The van der Waals surface area contributed by atoms with Crippen LogP contribution in [-0.2, 0) is 20.9 Å². The van der Waals surface area contributed by atoms with Gasteiger partial charge in [0.15, 0.2) is 5.16 Å². The maximum atomic E-state index is 12.2. The van der Waals surface area contributed by atoms with Crippen LogP contribution in [0.1, 0.15) is 18.4 Å². The number of aromatic nitrogens is 2. The second-order valence-corrected chi connectivity index (χ2v) is 8.47. The molecule has 0 bridgehead atoms. The molecule has 1 saturated heterocycles. The number of nitrogens with zero attached hydrogens (tertiary/aromatic N) is 3. The third-order valence-corrected chi connectivity index (χ3v) is 6.16. The first-order valence-corrected chi connectivity index (χ1v) is 11.2. The summed E-state index contributed by atoms with van der Waals surface area (Å²) in [6.07, 6.45) is 1.47. The van der Waals surface area contributed by atoms with Crippen LogP contribution in [0.15, 0.2) is 53.7 Å². The Kier molecular flexibility index (Phi) is 6.59. The number of imidazole rings is 1. The normalized spacial score (nSPS) is 13.9. The quantitative estimate of drug-likeness (QED) is 0.389. The number of halogens is 1. The van der Waals surface area contributed by atoms with E-state index in [1.807, 2.05) is 36.4 Å². The Balaban J connectivity index is 1.41. The van der Waals surface area contributed by atoms with Crippen molar-refractivity contribution in [1.82, 2.24) is 14.5 Å². The van der Waals surface area contributed by atoms with Crippen LogP contribution in [0.5, 0.6) is 0 Å². The van der Waals surface area contributed by atoms with E-state index < -0.39 is 0 Å². The number of hydrogen-bond donors (Lipinski definition) is 0. The molecule has 2 heterocycles. The van der Waals surface area contributed by atoms with Gasteiger partial charge in [-0.15, -0.1) is 0 Å². The number of amides is 1. The van der Waals surface area contributed by atoms with Crippen molar-refractivity contribution in [1.29, 1.82) is 0 Å². The monoisotopic (exact) mass is 443 g/mol. The molecule has 3 aromatic rings. The molecule has 0 saturated carbocycles. The summed E-state index contributed by atoms with van der Waals surface area (Å²) >= 11 is 7.47. The van der Waals surface area contributed by atoms with E-state index >= 15 is 0 Å². The summed E-state index contributed by atoms with van der Waals surface area (Å²) in [5, 5.41) is 1.36. The van der Waals surface area contributed by atoms with E-state index in [9.17, 15) is 9.59 Å². The second-order valence-electron chi connectivity index (χ2n) is 7.09. The molecule has 6 nitrogen and oxygen atoms in total. The van der Waals surface area contributed by atoms with Crippen molar-refractivity contribution < 1.29 is 14.3 Å². The third kappa shape index (κ3) is 4.96. The molecule has 1 fully saturated rings. The zero-order valence-electron chi connectivity index (χ0n) is 16.4. The molecule has 1 aliphatic heterocycles. The maximum absolute atomic E-state index is 12.2. The van der Waals surface area contributed by atoms with Crippen molar-refractivity contribution in [2.75, 3.05) is 25.4 Å². The van der Waals surface area contributed by atoms with Gasteiger partial charge >= 0.3 is 5.97 Å². The number of hydrogen-bond acceptors (Lipinski definition) is 5. The number of rotatable bonds is 8. The molecule has 0 N–H and O–H groups in total. The fourth-order valence-corrected chi connectivity index (χ4v) is 4.46. The predicted octanol–water partition coefficient (Wildman–Crippen LogP) is 4.00. The number of likely N-dealkylation sites (tertiary alicyclic amines) is 1. The number of benzene rings is 2. The average molecular weight is 444 g/mol. The molecule has 0 atom stereocenters. The van der Waals surface area contributed by atoms with Crippen LogP contribution < -0.4 is 0 Å². The zero-order valence-corrected chi connectivity index (χ0v) is 18.0. The number of ether oxygens (including phenoxy) is 1. The highest BCUT2D eigenvalue weighted by atomic mass is 35.5. The van der Waals surface area contributed by atoms with Crippen LogP contribution in [0.25, 0.3) is 11.0 Å². The minimum atomic E-state index is -0.317. The molecule has 4 rings (SSSR count). The van der Waals surface area contributed by atoms with Gasteiger partial charge in [-0.2, -0.15) is 0 Å². The summed E-state index contributed by atoms with van der Waals surface area (Å²) < 4.78 is 7.40. The lowest BCUT2D eigenvalue weighted by Crippen LogP contribution is -2.29. The van der Waals surface area contributed by atoms with E-state index in [1.165, 1.54) is 11.8 Å². The van der Waals surface area contributed by atoms with Gasteiger partial charge in [-0.1, -0.05) is 53.7 Å². The van der Waals surface area contributed by atoms with E-state index in [0.717, 1.165) is 34.7 Å². The van der Waals surface area contributed by atoms with Crippen LogP contribution >= 0.6 is 23.4 Å². The topological polar surface area (TPSA) is 64.4 Å². The Hall–Kier alpha value is -2.51. The van der Waals surface area contributed by atoms with Crippen LogP contribution in [0.4, 0.5) is 0 Å². The van der Waals surface area contributed by atoms with Gasteiger partial charge in [-0.05, 0) is 30.2 Å². The van der Waals surface area contributed by atoms with Crippen molar-refractivity contribution in [3.05, 3.63) is 59.1 Å². The fraction of sp³-hybridized carbons (Fsp3) is 0.318. The lowest BCUT2D eigenvalue weighted by Gasteiger charge is -2.15. The zero-order chi connectivity index (χ0) is 20.9. The molecule has 2 aromatic carbocycles. The van der Waals surface area contributed by atoms with Gasteiger partial charge in [-0.3, -0.25) is 9.59 Å². The number of thioether (sulfide) groups is 1. The Labute approximate surface area is 184 Å². The first-order chi connectivity index (χ1) is 14.6. The van der Waals surface area contributed by atoms with Gasteiger partial charge in [-0.25, -0.2) is 4.98 Å². The van der Waals surface area contributed by atoms with Gasteiger partial charge in [0.05, 0.1) is 29.9 Å². The van der Waals surface area contributed by atoms with E-state index in [4.69, 9.17) is 16.3 Å². The average Bonchev–Trinajstić information content (AvgIpc) is 3.30. The Morgan fingerprint density at radius 3 is 2.80 bits per heavy atom. The molecule has 30 heavy (non-hydrogen) atoms. The second kappa shape index (κ2) is 9.53. The number of esters is 1. The highest BCUT2D eigenvalue weighted by Crippen LogP contribution is 2.27. The predicted molar refractivity (Wildman–Crippen MR) is 118 cm³/mol. The molecular formula is C22H22ClN3O3S. The fourth-order valence-electron chi connectivity index (χ4n) is 3.49. The molecular weight excluding hydrogens is 422 g/mol. The minimum Gasteiger partial charge on any atom is -0.463 e. The molecule has 8 heteroatoms. The molecule has 0 unspecified atom stereocenters. The van der Waals surface area contributed by atoms with Gasteiger partial charge in [0.25, 0.3) is 0 Å². The Morgan fingerprint density at radius 1 is 1.20 bits per heavy atom. The van der Waals surface area contributed by atoms with Gasteiger partial charge in [0, 0.05) is 18.0 Å². The van der Waals surface area contributed by atoms with E-state index in [1.54, 1.807) is 4.90 Å². The van der Waals surface area contributed by atoms with Gasteiger partial charge in [0.1, 0.15) is 6.61 Å². The molecule has 1 amide bonds. The SMILES string of the molecule is O=C(CSc1nc2cc(Cl)ccc2n1Cc1ccccc1)OCCN1CCCC1=O. The van der Waals surface area contributed by atoms with Crippen LogP contribution in [0.2, 0.25) is 5.02 Å². The highest BCUT2D eigenvalue weighted by Gasteiger charge is 2.20. The van der Waals surface area contributed by atoms with Crippen molar-refractivity contribution in [2.24, 2.45) is 0 Å². The third-order valence-electron chi connectivity index (χ3n) is 4.97. The van der Waals surface area contributed by atoms with Gasteiger partial charge < -0.3 is 14.2 Å². The number of carbonyl (C=O) groups is 2. The highest BCUT2D eigenvalue weighted by molar-refractivity contribution is 7.99. The molecule has 1 aliphatic rings. The number of carbonyl (C=O) groups excluding carboxylic acids is 2. The standard InChI is InChI=1S/C22H22ClN3O3S/c23-17-8-9-19-18(13-17)24-22(26(19)14-16-5-2-1-3-6-16)30-15-21(28)29-12-11-25-10-4-7-20(25)27/h1-3,5-6,8-9,13H,4,7,10-12,14-15H2. The smallest absolute Gasteiger partial charge is 0.316 e. The van der Waals surface area contributed by atoms with Gasteiger partial charge in [0.2, 0.25) is 5.91 Å². The summed E-state index contributed by atoms with van der Waals surface area (Å²) in [5.41, 5.74) is 2.90. The molecule has 0 radical (unpaired) electrons. The Bertz CT molecular complexity index is 1050. The molecule has 0 aliphatic carbocycles. The molecule has 1 aromatic heterocycles. The van der Waals surface area contributed by atoms with Crippen molar-refractivity contribution in [3.8, 4) is 0 Å². The van der Waals surface area contributed by atoms with E-state index in [2.05, 4.69) is 21.7 Å². The van der Waals surface area contributed by atoms with Crippen molar-refractivity contribution in [3.63, 3.8) is 0 Å². The summed E-state index contributed by atoms with van der Waals surface area (Å²) in [5.74, 6) is -0.0310. The van der Waals surface area contributed by atoms with Crippen LogP contribution in [0, 0.1) is 0 Å². The summed E-state index contributed by atoms with van der Waals surface area (Å²) in [7, 11) is 0. The lowest BCUT2D eigenvalue weighted by molar-refractivity contribution is -0.142.